The van der Waals surface area contributed by atoms with E-state index in [1.54, 1.807) is 0 Å². The fourth-order valence-electron chi connectivity index (χ4n) is 0.576. The fraction of sp³-hybridized carbons (Fsp3) is 0. The third-order valence-electron chi connectivity index (χ3n) is 0.998. The summed E-state index contributed by atoms with van der Waals surface area (Å²) in [5.41, 5.74) is 0. The van der Waals surface area contributed by atoms with E-state index in [0.29, 0.717) is 0 Å². The van der Waals surface area contributed by atoms with Crippen molar-refractivity contribution in [2.45, 2.75) is 4.90 Å². The van der Waals surface area contributed by atoms with E-state index in [2.05, 4.69) is 0 Å². The summed E-state index contributed by atoms with van der Waals surface area (Å²) in [4.78, 5) is 0.0833. The predicted octanol–water partition coefficient (Wildman–Crippen LogP) is 1.03. The molecule has 1 rings (SSSR count). The molecule has 1 atom stereocenters. The molecule has 0 heterocycles. The van der Waals surface area contributed by atoms with Gasteiger partial charge in [-0.1, -0.05) is 6.07 Å². The van der Waals surface area contributed by atoms with Crippen molar-refractivity contribution < 1.29 is 13.2 Å². The Morgan fingerprint density at radius 2 is 2.09 bits per heavy atom. The molecule has 0 aliphatic carbocycles. The Labute approximate surface area is 88.4 Å². The molecule has 0 amide bonds. The second-order valence-corrected chi connectivity index (χ2v) is 2.68. The van der Waals surface area contributed by atoms with Crippen LogP contribution in [0.5, 0.6) is 0 Å². The summed E-state index contributed by atoms with van der Waals surface area (Å²) in [6.07, 6.45) is 0. The SMILES string of the molecule is O=S(O)c1cccc(F)c1.[Na]. The summed E-state index contributed by atoms with van der Waals surface area (Å²) in [7, 11) is 0. The van der Waals surface area contributed by atoms with Crippen LogP contribution in [0.15, 0.2) is 29.2 Å². The number of hydrogen-bond donors (Lipinski definition) is 1. The zero-order valence-corrected chi connectivity index (χ0v) is 8.77. The molecule has 0 saturated heterocycles. The van der Waals surface area contributed by atoms with Crippen molar-refractivity contribution in [3.8, 4) is 0 Å². The van der Waals surface area contributed by atoms with Gasteiger partial charge in [-0.05, 0) is 18.2 Å². The Morgan fingerprint density at radius 1 is 1.45 bits per heavy atom. The Bertz CT molecular complexity index is 267. The van der Waals surface area contributed by atoms with Crippen molar-refractivity contribution in [2.24, 2.45) is 0 Å². The Hall–Kier alpha value is 0.260. The van der Waals surface area contributed by atoms with Gasteiger partial charge in [0, 0.05) is 29.6 Å². The topological polar surface area (TPSA) is 37.3 Å². The second kappa shape index (κ2) is 5.00. The van der Waals surface area contributed by atoms with Crippen LogP contribution in [0.4, 0.5) is 4.39 Å². The van der Waals surface area contributed by atoms with Gasteiger partial charge in [0.05, 0.1) is 4.90 Å². The van der Waals surface area contributed by atoms with Gasteiger partial charge in [-0.15, -0.1) is 0 Å². The third kappa shape index (κ3) is 3.44. The van der Waals surface area contributed by atoms with Gasteiger partial charge in [0.25, 0.3) is 0 Å². The summed E-state index contributed by atoms with van der Waals surface area (Å²) < 4.78 is 31.0. The van der Waals surface area contributed by atoms with Crippen LogP contribution in [0.2, 0.25) is 0 Å². The molecule has 1 aromatic carbocycles. The van der Waals surface area contributed by atoms with E-state index in [4.69, 9.17) is 4.55 Å². The Kier molecular flexibility index (Phi) is 5.12. The monoisotopic (exact) mass is 183 g/mol. The van der Waals surface area contributed by atoms with Crippen molar-refractivity contribution >= 4 is 40.6 Å². The van der Waals surface area contributed by atoms with Crippen LogP contribution in [0, 0.1) is 5.82 Å². The largest absolute Gasteiger partial charge is 0.302 e. The van der Waals surface area contributed by atoms with Gasteiger partial charge in [0.15, 0.2) is 11.1 Å². The van der Waals surface area contributed by atoms with Crippen LogP contribution in [-0.4, -0.2) is 38.3 Å². The molecular formula is C6H5FNaO2S. The Morgan fingerprint density at radius 3 is 2.45 bits per heavy atom. The summed E-state index contributed by atoms with van der Waals surface area (Å²) in [6, 6.07) is 5.02. The first-order chi connectivity index (χ1) is 4.70. The normalized spacial score (nSPS) is 11.8. The second-order valence-electron chi connectivity index (χ2n) is 1.71. The van der Waals surface area contributed by atoms with Crippen molar-refractivity contribution in [2.75, 3.05) is 0 Å². The molecule has 0 bridgehead atoms. The summed E-state index contributed by atoms with van der Waals surface area (Å²) >= 11 is -2.08. The zero-order chi connectivity index (χ0) is 7.56. The summed E-state index contributed by atoms with van der Waals surface area (Å²) in [5, 5.41) is 0. The molecule has 55 valence electrons. The number of benzene rings is 1. The third-order valence-corrected chi connectivity index (χ3v) is 1.65. The fourth-order valence-corrected chi connectivity index (χ4v) is 0.984. The summed E-state index contributed by atoms with van der Waals surface area (Å²) in [6.45, 7) is 0. The molecule has 11 heavy (non-hydrogen) atoms. The molecule has 0 aromatic heterocycles. The van der Waals surface area contributed by atoms with E-state index in [1.165, 1.54) is 18.2 Å². The molecular weight excluding hydrogens is 178 g/mol. The van der Waals surface area contributed by atoms with Gasteiger partial charge >= 0.3 is 0 Å². The van der Waals surface area contributed by atoms with Crippen LogP contribution in [0.1, 0.15) is 0 Å². The number of hydrogen-bond acceptors (Lipinski definition) is 1. The van der Waals surface area contributed by atoms with E-state index >= 15 is 0 Å². The first-order valence-corrected chi connectivity index (χ1v) is 3.67. The smallest absolute Gasteiger partial charge is 0.186 e. The number of rotatable bonds is 1. The molecule has 0 aliphatic rings. The molecule has 2 nitrogen and oxygen atoms in total. The van der Waals surface area contributed by atoms with Gasteiger partial charge in [-0.25, -0.2) is 8.60 Å². The van der Waals surface area contributed by atoms with Crippen molar-refractivity contribution in [3.63, 3.8) is 0 Å². The van der Waals surface area contributed by atoms with Gasteiger partial charge < -0.3 is 4.55 Å². The van der Waals surface area contributed by atoms with Crippen LogP contribution in [-0.2, 0) is 11.1 Å². The minimum absolute atomic E-state index is 0. The minimum Gasteiger partial charge on any atom is -0.302 e. The van der Waals surface area contributed by atoms with Crippen molar-refractivity contribution in [1.29, 1.82) is 0 Å². The van der Waals surface area contributed by atoms with E-state index in [9.17, 15) is 8.60 Å². The van der Waals surface area contributed by atoms with Gasteiger partial charge in [0.2, 0.25) is 0 Å². The zero-order valence-electron chi connectivity index (χ0n) is 5.95. The van der Waals surface area contributed by atoms with E-state index < -0.39 is 16.9 Å². The molecule has 1 aromatic rings. The van der Waals surface area contributed by atoms with Gasteiger partial charge in [0.1, 0.15) is 5.82 Å². The van der Waals surface area contributed by atoms with Gasteiger partial charge in [-0.2, -0.15) is 0 Å². The van der Waals surface area contributed by atoms with Crippen LogP contribution in [0.3, 0.4) is 0 Å². The predicted molar refractivity (Wildman–Crippen MR) is 41.2 cm³/mol. The molecule has 0 aliphatic heterocycles. The molecule has 0 fully saturated rings. The van der Waals surface area contributed by atoms with Crippen LogP contribution in [0.25, 0.3) is 0 Å². The first-order valence-electron chi connectivity index (χ1n) is 2.56. The van der Waals surface area contributed by atoms with E-state index in [0.717, 1.165) is 6.07 Å². The van der Waals surface area contributed by atoms with Gasteiger partial charge in [-0.3, -0.25) is 0 Å². The molecule has 1 N–H and O–H groups in total. The molecule has 0 saturated carbocycles. The molecule has 1 radical (unpaired) electrons. The summed E-state index contributed by atoms with van der Waals surface area (Å²) in [5.74, 6) is -0.500. The first kappa shape index (κ1) is 11.3. The average molecular weight is 183 g/mol. The minimum atomic E-state index is -2.08. The van der Waals surface area contributed by atoms with E-state index in [1.807, 2.05) is 0 Å². The maximum absolute atomic E-state index is 12.3. The molecule has 0 spiro atoms. The quantitative estimate of drug-likeness (QED) is 0.521. The Balaban J connectivity index is 0.000001000. The number of halogens is 1. The van der Waals surface area contributed by atoms with Crippen molar-refractivity contribution in [1.82, 2.24) is 0 Å². The maximum Gasteiger partial charge on any atom is 0.186 e. The van der Waals surface area contributed by atoms with Crippen molar-refractivity contribution in [3.05, 3.63) is 30.1 Å². The van der Waals surface area contributed by atoms with Crippen LogP contribution < -0.4 is 0 Å². The molecule has 5 heteroatoms. The maximum atomic E-state index is 12.3. The average Bonchev–Trinajstić information content (AvgIpc) is 1.88. The van der Waals surface area contributed by atoms with E-state index in [-0.39, 0.29) is 34.5 Å². The van der Waals surface area contributed by atoms with Crippen LogP contribution >= 0.6 is 0 Å². The molecule has 1 unspecified atom stereocenters. The standard InChI is InChI=1S/C6H5FO2S.Na/c7-5-2-1-3-6(4-5)10(8)9;/h1-4H,(H,8,9);.